The van der Waals surface area contributed by atoms with Crippen molar-refractivity contribution < 1.29 is 0 Å². The summed E-state index contributed by atoms with van der Waals surface area (Å²) in [6, 6.07) is 18.8. The van der Waals surface area contributed by atoms with Gasteiger partial charge in [-0.05, 0) is 29.8 Å². The van der Waals surface area contributed by atoms with Crippen molar-refractivity contribution in [3.63, 3.8) is 0 Å². The molecule has 0 amide bonds. The third-order valence-corrected chi connectivity index (χ3v) is 3.11. The molecule has 0 aliphatic carbocycles. The van der Waals surface area contributed by atoms with Crippen LogP contribution in [0.25, 0.3) is 6.08 Å². The molecule has 0 aliphatic heterocycles. The Morgan fingerprint density at radius 2 is 1.40 bits per heavy atom. The van der Waals surface area contributed by atoms with Crippen molar-refractivity contribution in [2.24, 2.45) is 0 Å². The summed E-state index contributed by atoms with van der Waals surface area (Å²) in [6.07, 6.45) is 1.86. The van der Waals surface area contributed by atoms with E-state index in [1.54, 1.807) is 11.8 Å². The Bertz CT molecular complexity index is 429. The number of benzene rings is 2. The molecule has 0 aliphatic rings. The highest BCUT2D eigenvalue weighted by Crippen LogP contribution is 2.27. The first-order valence-electron chi connectivity index (χ1n) is 4.84. The molecule has 2 aromatic carbocycles. The molecule has 1 heteroatoms. The molecular weight excluding hydrogens is 200 g/mol. The van der Waals surface area contributed by atoms with E-state index in [1.165, 1.54) is 9.79 Å². The van der Waals surface area contributed by atoms with Crippen LogP contribution in [0.2, 0.25) is 0 Å². The van der Waals surface area contributed by atoms with Gasteiger partial charge in [-0.1, -0.05) is 54.7 Å². The average molecular weight is 212 g/mol. The van der Waals surface area contributed by atoms with Gasteiger partial charge in [0, 0.05) is 9.79 Å². The SMILES string of the molecule is C=Cc1ccc(Sc2ccccc2)cc1. The standard InChI is InChI=1S/C14H12S/c1-2-12-8-10-14(11-9-12)15-13-6-4-3-5-7-13/h2-11H,1H2. The highest BCUT2D eigenvalue weighted by Gasteiger charge is 1.95. The molecule has 74 valence electrons. The van der Waals surface area contributed by atoms with Crippen LogP contribution in [0.3, 0.4) is 0 Å². The Labute approximate surface area is 94.7 Å². The monoisotopic (exact) mass is 212 g/mol. The lowest BCUT2D eigenvalue weighted by molar-refractivity contribution is 1.40. The zero-order valence-electron chi connectivity index (χ0n) is 8.39. The molecule has 0 N–H and O–H groups in total. The second-order valence-corrected chi connectivity index (χ2v) is 4.34. The fourth-order valence-electron chi connectivity index (χ4n) is 1.30. The highest BCUT2D eigenvalue weighted by molar-refractivity contribution is 7.99. The predicted octanol–water partition coefficient (Wildman–Crippen LogP) is 4.48. The predicted molar refractivity (Wildman–Crippen MR) is 67.1 cm³/mol. The topological polar surface area (TPSA) is 0 Å². The number of rotatable bonds is 3. The molecule has 0 atom stereocenters. The minimum atomic E-state index is 1.16. The quantitative estimate of drug-likeness (QED) is 0.722. The van der Waals surface area contributed by atoms with Crippen LogP contribution < -0.4 is 0 Å². The van der Waals surface area contributed by atoms with E-state index in [9.17, 15) is 0 Å². The normalized spacial score (nSPS) is 9.87. The van der Waals surface area contributed by atoms with Gasteiger partial charge in [0.25, 0.3) is 0 Å². The molecule has 0 saturated carbocycles. The summed E-state index contributed by atoms with van der Waals surface area (Å²) < 4.78 is 0. The molecule has 0 unspecified atom stereocenters. The summed E-state index contributed by atoms with van der Waals surface area (Å²) in [4.78, 5) is 2.52. The van der Waals surface area contributed by atoms with Gasteiger partial charge in [0.2, 0.25) is 0 Å². The summed E-state index contributed by atoms with van der Waals surface area (Å²) in [5, 5.41) is 0. The molecule has 2 rings (SSSR count). The Kier molecular flexibility index (Phi) is 3.25. The Hall–Kier alpha value is -1.47. The third-order valence-electron chi connectivity index (χ3n) is 2.09. The van der Waals surface area contributed by atoms with Gasteiger partial charge < -0.3 is 0 Å². The average Bonchev–Trinajstić information content (AvgIpc) is 2.31. The van der Waals surface area contributed by atoms with E-state index in [2.05, 4.69) is 55.1 Å². The van der Waals surface area contributed by atoms with Gasteiger partial charge in [0.15, 0.2) is 0 Å². The van der Waals surface area contributed by atoms with Crippen LogP contribution in [-0.4, -0.2) is 0 Å². The molecule has 0 heterocycles. The van der Waals surface area contributed by atoms with E-state index in [0.717, 1.165) is 5.56 Å². The van der Waals surface area contributed by atoms with Gasteiger partial charge in [0.1, 0.15) is 0 Å². The zero-order chi connectivity index (χ0) is 10.5. The number of hydrogen-bond donors (Lipinski definition) is 0. The van der Waals surface area contributed by atoms with E-state index >= 15 is 0 Å². The van der Waals surface area contributed by atoms with Crippen LogP contribution in [0.5, 0.6) is 0 Å². The van der Waals surface area contributed by atoms with Gasteiger partial charge in [0.05, 0.1) is 0 Å². The van der Waals surface area contributed by atoms with Crippen LogP contribution >= 0.6 is 11.8 Å². The van der Waals surface area contributed by atoms with E-state index in [-0.39, 0.29) is 0 Å². The summed E-state index contributed by atoms with van der Waals surface area (Å²) in [5.41, 5.74) is 1.16. The maximum absolute atomic E-state index is 3.74. The lowest BCUT2D eigenvalue weighted by Gasteiger charge is -2.01. The molecule has 0 radical (unpaired) electrons. The number of hydrogen-bond acceptors (Lipinski definition) is 1. The first-order chi connectivity index (χ1) is 7.38. The summed E-state index contributed by atoms with van der Waals surface area (Å²) in [7, 11) is 0. The van der Waals surface area contributed by atoms with E-state index < -0.39 is 0 Å². The molecule has 0 saturated heterocycles. The molecule has 0 fully saturated rings. The van der Waals surface area contributed by atoms with Gasteiger partial charge >= 0.3 is 0 Å². The summed E-state index contributed by atoms with van der Waals surface area (Å²) >= 11 is 1.77. The van der Waals surface area contributed by atoms with Crippen LogP contribution in [-0.2, 0) is 0 Å². The smallest absolute Gasteiger partial charge is 0.0122 e. The molecule has 2 aromatic rings. The Morgan fingerprint density at radius 3 is 2.00 bits per heavy atom. The molecule has 0 spiro atoms. The van der Waals surface area contributed by atoms with Crippen molar-refractivity contribution in [2.75, 3.05) is 0 Å². The van der Waals surface area contributed by atoms with Crippen molar-refractivity contribution in [3.8, 4) is 0 Å². The first kappa shape index (κ1) is 10.1. The van der Waals surface area contributed by atoms with Crippen molar-refractivity contribution in [3.05, 3.63) is 66.7 Å². The largest absolute Gasteiger partial charge is 0.0985 e. The molecule has 0 nitrogen and oxygen atoms in total. The minimum Gasteiger partial charge on any atom is -0.0985 e. The van der Waals surface area contributed by atoms with Crippen molar-refractivity contribution in [2.45, 2.75) is 9.79 Å². The highest BCUT2D eigenvalue weighted by atomic mass is 32.2. The second-order valence-electron chi connectivity index (χ2n) is 3.19. The van der Waals surface area contributed by atoms with E-state index in [1.807, 2.05) is 12.1 Å². The summed E-state index contributed by atoms with van der Waals surface area (Å²) in [5.74, 6) is 0. The first-order valence-corrected chi connectivity index (χ1v) is 5.65. The van der Waals surface area contributed by atoms with Crippen LogP contribution in [0.4, 0.5) is 0 Å². The fraction of sp³-hybridized carbons (Fsp3) is 0. The maximum Gasteiger partial charge on any atom is 0.0122 e. The fourth-order valence-corrected chi connectivity index (χ4v) is 2.13. The minimum absolute atomic E-state index is 1.16. The third kappa shape index (κ3) is 2.74. The second kappa shape index (κ2) is 4.85. The summed E-state index contributed by atoms with van der Waals surface area (Å²) in [6.45, 7) is 3.74. The lowest BCUT2D eigenvalue weighted by Crippen LogP contribution is -1.74. The Balaban J connectivity index is 2.15. The van der Waals surface area contributed by atoms with Gasteiger partial charge in [-0.15, -0.1) is 0 Å². The maximum atomic E-state index is 3.74. The molecule has 15 heavy (non-hydrogen) atoms. The molecule has 0 bridgehead atoms. The Morgan fingerprint density at radius 1 is 0.800 bits per heavy atom. The van der Waals surface area contributed by atoms with Crippen LogP contribution in [0.15, 0.2) is 71.0 Å². The zero-order valence-corrected chi connectivity index (χ0v) is 9.21. The van der Waals surface area contributed by atoms with Gasteiger partial charge in [-0.25, -0.2) is 0 Å². The van der Waals surface area contributed by atoms with Crippen molar-refractivity contribution in [1.29, 1.82) is 0 Å². The van der Waals surface area contributed by atoms with Crippen molar-refractivity contribution in [1.82, 2.24) is 0 Å². The van der Waals surface area contributed by atoms with Crippen LogP contribution in [0.1, 0.15) is 5.56 Å². The van der Waals surface area contributed by atoms with Gasteiger partial charge in [-0.3, -0.25) is 0 Å². The lowest BCUT2D eigenvalue weighted by atomic mass is 10.2. The van der Waals surface area contributed by atoms with Crippen LogP contribution in [0, 0.1) is 0 Å². The van der Waals surface area contributed by atoms with Crippen molar-refractivity contribution >= 4 is 17.8 Å². The molecule has 0 aromatic heterocycles. The van der Waals surface area contributed by atoms with E-state index in [0.29, 0.717) is 0 Å². The van der Waals surface area contributed by atoms with Gasteiger partial charge in [-0.2, -0.15) is 0 Å². The van der Waals surface area contributed by atoms with E-state index in [4.69, 9.17) is 0 Å². The molecular formula is C14H12S.